The van der Waals surface area contributed by atoms with E-state index >= 15 is 0 Å². The fraction of sp³-hybridized carbons (Fsp3) is 1.00. The number of rotatable bonds is 1. The van der Waals surface area contributed by atoms with Gasteiger partial charge in [0.2, 0.25) is 6.36 Å². The second-order valence-corrected chi connectivity index (χ2v) is 2.68. The second-order valence-electron chi connectivity index (χ2n) is 2.68. The molecule has 2 unspecified atom stereocenters. The van der Waals surface area contributed by atoms with Gasteiger partial charge in [-0.25, -0.2) is 4.39 Å². The van der Waals surface area contributed by atoms with Gasteiger partial charge in [-0.05, 0) is 0 Å². The van der Waals surface area contributed by atoms with Crippen LogP contribution < -0.4 is 0 Å². The van der Waals surface area contributed by atoms with Crippen molar-refractivity contribution in [3.8, 4) is 0 Å². The fourth-order valence-corrected chi connectivity index (χ4v) is 1.06. The van der Waals surface area contributed by atoms with Crippen LogP contribution in [0.1, 0.15) is 0 Å². The molecular formula is C6H11FO5. The van der Waals surface area contributed by atoms with Crippen LogP contribution in [0.15, 0.2) is 0 Å². The molecule has 6 heteroatoms. The molecule has 0 saturated carbocycles. The molecule has 1 aliphatic rings. The van der Waals surface area contributed by atoms with Crippen molar-refractivity contribution in [1.29, 1.82) is 0 Å². The normalized spacial score (nSPS) is 49.2. The van der Waals surface area contributed by atoms with Gasteiger partial charge in [-0.2, -0.15) is 0 Å². The van der Waals surface area contributed by atoms with Crippen LogP contribution in [0.25, 0.3) is 0 Å². The molecule has 1 saturated heterocycles. The lowest BCUT2D eigenvalue weighted by Crippen LogP contribution is -2.57. The summed E-state index contributed by atoms with van der Waals surface area (Å²) >= 11 is 0. The average Bonchev–Trinajstić information content (AvgIpc) is 2.08. The minimum absolute atomic E-state index is 0.606. The van der Waals surface area contributed by atoms with E-state index in [0.717, 1.165) is 0 Å². The average molecular weight is 182 g/mol. The van der Waals surface area contributed by atoms with Gasteiger partial charge in [0.15, 0.2) is 0 Å². The Bertz CT molecular complexity index is 150. The first-order valence-electron chi connectivity index (χ1n) is 3.52. The zero-order valence-electron chi connectivity index (χ0n) is 6.17. The summed E-state index contributed by atoms with van der Waals surface area (Å²) in [5.41, 5.74) is 0. The number of alkyl halides is 1. The van der Waals surface area contributed by atoms with Gasteiger partial charge in [-0.3, -0.25) is 0 Å². The number of hydrogen-bond acceptors (Lipinski definition) is 5. The molecule has 0 aromatic heterocycles. The van der Waals surface area contributed by atoms with Gasteiger partial charge in [0, 0.05) is 0 Å². The second kappa shape index (κ2) is 3.63. The summed E-state index contributed by atoms with van der Waals surface area (Å²) < 4.78 is 16.9. The molecule has 1 aliphatic heterocycles. The van der Waals surface area contributed by atoms with Gasteiger partial charge >= 0.3 is 0 Å². The van der Waals surface area contributed by atoms with Crippen LogP contribution in [-0.4, -0.2) is 57.8 Å². The molecule has 1 rings (SSSR count). The third-order valence-electron chi connectivity index (χ3n) is 1.83. The molecule has 0 aromatic rings. The van der Waals surface area contributed by atoms with Crippen molar-refractivity contribution in [2.45, 2.75) is 30.8 Å². The van der Waals surface area contributed by atoms with E-state index in [-0.39, 0.29) is 0 Å². The van der Waals surface area contributed by atoms with E-state index in [1.54, 1.807) is 0 Å². The third kappa shape index (κ3) is 1.57. The fourth-order valence-electron chi connectivity index (χ4n) is 1.06. The molecule has 1 fully saturated rings. The van der Waals surface area contributed by atoms with E-state index < -0.39 is 37.4 Å². The summed E-state index contributed by atoms with van der Waals surface area (Å²) in [6.07, 6.45) is -8.09. The van der Waals surface area contributed by atoms with Gasteiger partial charge in [0.25, 0.3) is 0 Å². The maximum atomic E-state index is 12.6. The molecule has 0 aliphatic carbocycles. The molecule has 5 nitrogen and oxygen atoms in total. The first kappa shape index (κ1) is 9.82. The molecule has 5 atom stereocenters. The molecule has 0 amide bonds. The van der Waals surface area contributed by atoms with Crippen LogP contribution in [0.3, 0.4) is 0 Å². The Kier molecular flexibility index (Phi) is 2.97. The largest absolute Gasteiger partial charge is 0.394 e. The van der Waals surface area contributed by atoms with Crippen molar-refractivity contribution in [3.63, 3.8) is 0 Å². The smallest absolute Gasteiger partial charge is 0.228 e. The molecule has 1 heterocycles. The molecule has 72 valence electrons. The van der Waals surface area contributed by atoms with Gasteiger partial charge in [0.05, 0.1) is 6.61 Å². The van der Waals surface area contributed by atoms with Crippen molar-refractivity contribution < 1.29 is 29.6 Å². The molecule has 12 heavy (non-hydrogen) atoms. The zero-order chi connectivity index (χ0) is 9.30. The lowest BCUT2D eigenvalue weighted by Gasteiger charge is -2.36. The van der Waals surface area contributed by atoms with Gasteiger partial charge in [0.1, 0.15) is 24.4 Å². The maximum Gasteiger partial charge on any atom is 0.228 e. The summed E-state index contributed by atoms with van der Waals surface area (Å²) in [6.45, 7) is -0.606. The molecule has 0 spiro atoms. The predicted octanol–water partition coefficient (Wildman–Crippen LogP) is -2.24. The van der Waals surface area contributed by atoms with Crippen molar-refractivity contribution >= 4 is 0 Å². The highest BCUT2D eigenvalue weighted by atomic mass is 19.1. The standard InChI is InChI=1S/C6H11FO5/c7-6-5(11)4(10)3(9)2(1-8)12-6/h2-6,8-11H,1H2/t2?,3-,4+,5?,6+/m1/s1. The molecule has 0 aromatic carbocycles. The van der Waals surface area contributed by atoms with Crippen LogP contribution in [0.4, 0.5) is 4.39 Å². The topological polar surface area (TPSA) is 90.2 Å². The van der Waals surface area contributed by atoms with E-state index in [1.807, 2.05) is 0 Å². The summed E-state index contributed by atoms with van der Waals surface area (Å²) in [6, 6.07) is 0. The van der Waals surface area contributed by atoms with E-state index in [4.69, 9.17) is 20.4 Å². The summed E-state index contributed by atoms with van der Waals surface area (Å²) in [7, 11) is 0. The van der Waals surface area contributed by atoms with E-state index in [1.165, 1.54) is 0 Å². The van der Waals surface area contributed by atoms with Crippen molar-refractivity contribution in [1.82, 2.24) is 0 Å². The van der Waals surface area contributed by atoms with E-state index in [2.05, 4.69) is 4.74 Å². The van der Waals surface area contributed by atoms with Crippen molar-refractivity contribution in [2.24, 2.45) is 0 Å². The Morgan fingerprint density at radius 2 is 1.67 bits per heavy atom. The Hall–Kier alpha value is -0.270. The summed E-state index contributed by atoms with van der Waals surface area (Å²) in [5.74, 6) is 0. The van der Waals surface area contributed by atoms with Gasteiger partial charge in [-0.15, -0.1) is 0 Å². The Morgan fingerprint density at radius 3 is 2.17 bits per heavy atom. The van der Waals surface area contributed by atoms with Gasteiger partial charge < -0.3 is 25.2 Å². The van der Waals surface area contributed by atoms with Crippen LogP contribution >= 0.6 is 0 Å². The van der Waals surface area contributed by atoms with Crippen LogP contribution in [0.2, 0.25) is 0 Å². The quantitative estimate of drug-likeness (QED) is 0.368. The molecule has 0 radical (unpaired) electrons. The number of ether oxygens (including phenoxy) is 1. The van der Waals surface area contributed by atoms with Crippen LogP contribution in [0, 0.1) is 0 Å². The highest BCUT2D eigenvalue weighted by Crippen LogP contribution is 2.21. The van der Waals surface area contributed by atoms with Crippen molar-refractivity contribution in [3.05, 3.63) is 0 Å². The predicted molar refractivity (Wildman–Crippen MR) is 34.9 cm³/mol. The molecular weight excluding hydrogens is 171 g/mol. The first-order chi connectivity index (χ1) is 5.57. The highest BCUT2D eigenvalue weighted by Gasteiger charge is 2.43. The third-order valence-corrected chi connectivity index (χ3v) is 1.83. The highest BCUT2D eigenvalue weighted by molar-refractivity contribution is 4.88. The maximum absolute atomic E-state index is 12.6. The van der Waals surface area contributed by atoms with E-state index in [9.17, 15) is 4.39 Å². The summed E-state index contributed by atoms with van der Waals surface area (Å²) in [5, 5.41) is 35.4. The zero-order valence-corrected chi connectivity index (χ0v) is 6.17. The molecule has 4 N–H and O–H groups in total. The van der Waals surface area contributed by atoms with E-state index in [0.29, 0.717) is 0 Å². The molecule has 0 bridgehead atoms. The SMILES string of the molecule is OCC1O[C@H](F)C(O)[C@@H](O)[C@@H]1O. The lowest BCUT2D eigenvalue weighted by molar-refractivity contribution is -0.262. The minimum Gasteiger partial charge on any atom is -0.394 e. The Balaban J connectivity index is 2.63. The summed E-state index contributed by atoms with van der Waals surface area (Å²) in [4.78, 5) is 0. The Labute approximate surface area is 68.0 Å². The lowest BCUT2D eigenvalue weighted by atomic mass is 10.00. The number of hydrogen-bond donors (Lipinski definition) is 4. The Morgan fingerprint density at radius 1 is 1.08 bits per heavy atom. The van der Waals surface area contributed by atoms with Crippen molar-refractivity contribution in [2.75, 3.05) is 6.61 Å². The number of aliphatic hydroxyl groups is 4. The van der Waals surface area contributed by atoms with Crippen LogP contribution in [0.5, 0.6) is 0 Å². The first-order valence-corrected chi connectivity index (χ1v) is 3.52. The number of halogens is 1. The monoisotopic (exact) mass is 182 g/mol. The van der Waals surface area contributed by atoms with Crippen LogP contribution in [-0.2, 0) is 4.74 Å². The number of aliphatic hydroxyl groups excluding tert-OH is 4. The minimum atomic E-state index is -2.07. The van der Waals surface area contributed by atoms with Gasteiger partial charge in [-0.1, -0.05) is 0 Å².